The zero-order chi connectivity index (χ0) is 18.1. The van der Waals surface area contributed by atoms with E-state index in [1.807, 2.05) is 4.90 Å². The third kappa shape index (κ3) is 2.73. The van der Waals surface area contributed by atoms with Crippen LogP contribution < -0.4 is 5.32 Å². The molecular formula is C18H21N5O3. The molecular weight excluding hydrogens is 334 g/mol. The van der Waals surface area contributed by atoms with Gasteiger partial charge in [0, 0.05) is 26.2 Å². The van der Waals surface area contributed by atoms with Crippen LogP contribution in [0.5, 0.6) is 0 Å². The zero-order valence-electron chi connectivity index (χ0n) is 14.5. The average Bonchev–Trinajstić information content (AvgIpc) is 3.34. The molecule has 1 aliphatic carbocycles. The minimum absolute atomic E-state index is 0.124. The third-order valence-electron chi connectivity index (χ3n) is 5.56. The number of hydrogen-bond donors (Lipinski definition) is 1. The lowest BCUT2D eigenvalue weighted by Gasteiger charge is -2.40. The average molecular weight is 355 g/mol. The van der Waals surface area contributed by atoms with Gasteiger partial charge in [-0.05, 0) is 25.0 Å². The monoisotopic (exact) mass is 355 g/mol. The summed E-state index contributed by atoms with van der Waals surface area (Å²) in [5.74, 6) is -0.206. The van der Waals surface area contributed by atoms with E-state index in [0.717, 1.165) is 25.7 Å². The predicted molar refractivity (Wildman–Crippen MR) is 92.1 cm³/mol. The zero-order valence-corrected chi connectivity index (χ0v) is 14.5. The molecule has 2 aliphatic heterocycles. The number of amides is 2. The number of nitriles is 1. The summed E-state index contributed by atoms with van der Waals surface area (Å²) in [5, 5.41) is 12.2. The van der Waals surface area contributed by atoms with Crippen molar-refractivity contribution in [1.82, 2.24) is 15.1 Å². The number of furan rings is 1. The molecule has 3 aliphatic rings. The van der Waals surface area contributed by atoms with Gasteiger partial charge in [-0.1, -0.05) is 12.8 Å². The number of carbonyl (C=O) groups excluding carboxylic acids is 2. The van der Waals surface area contributed by atoms with Crippen LogP contribution in [0, 0.1) is 17.2 Å². The van der Waals surface area contributed by atoms with Crippen molar-refractivity contribution < 1.29 is 14.0 Å². The van der Waals surface area contributed by atoms with E-state index in [2.05, 4.69) is 11.4 Å². The summed E-state index contributed by atoms with van der Waals surface area (Å²) in [6.07, 6.45) is 5.03. The third-order valence-corrected chi connectivity index (χ3v) is 5.56. The first kappa shape index (κ1) is 16.6. The number of carbonyl (C=O) groups is 2. The molecule has 0 unspecified atom stereocenters. The van der Waals surface area contributed by atoms with Crippen molar-refractivity contribution in [3.63, 3.8) is 0 Å². The van der Waals surface area contributed by atoms with Crippen LogP contribution in [0.2, 0.25) is 0 Å². The Morgan fingerprint density at radius 1 is 1.31 bits per heavy atom. The minimum Gasteiger partial charge on any atom is -0.459 e. The number of nitrogens with one attached hydrogen (secondary N) is 1. The molecule has 2 amide bonds. The summed E-state index contributed by atoms with van der Waals surface area (Å²) in [5.41, 5.74) is -0.576. The van der Waals surface area contributed by atoms with Crippen LogP contribution in [-0.2, 0) is 4.79 Å². The second-order valence-electron chi connectivity index (χ2n) is 7.05. The van der Waals surface area contributed by atoms with Gasteiger partial charge in [0.25, 0.3) is 5.91 Å². The topological polar surface area (TPSA) is 102 Å². The van der Waals surface area contributed by atoms with E-state index in [0.29, 0.717) is 37.9 Å². The number of rotatable bonds is 1. The van der Waals surface area contributed by atoms with Gasteiger partial charge in [-0.15, -0.1) is 0 Å². The second-order valence-corrected chi connectivity index (χ2v) is 7.05. The summed E-state index contributed by atoms with van der Waals surface area (Å²) >= 11 is 0. The SMILES string of the molecule is N#C[C@H]1C(=O)NC(N2CCN(C(=O)c3ccco3)CC2)=NC12CCCC2. The maximum absolute atomic E-state index is 12.4. The van der Waals surface area contributed by atoms with Gasteiger partial charge >= 0.3 is 0 Å². The molecule has 0 radical (unpaired) electrons. The van der Waals surface area contributed by atoms with Crippen molar-refractivity contribution in [2.24, 2.45) is 10.9 Å². The second kappa shape index (κ2) is 6.48. The van der Waals surface area contributed by atoms with Crippen LogP contribution in [0.4, 0.5) is 0 Å². The summed E-state index contributed by atoms with van der Waals surface area (Å²) in [6.45, 7) is 2.23. The Labute approximate surface area is 151 Å². The fourth-order valence-corrected chi connectivity index (χ4v) is 4.12. The van der Waals surface area contributed by atoms with Crippen molar-refractivity contribution in [2.45, 2.75) is 31.2 Å². The van der Waals surface area contributed by atoms with E-state index in [1.165, 1.54) is 6.26 Å². The summed E-state index contributed by atoms with van der Waals surface area (Å²) in [7, 11) is 0. The highest BCUT2D eigenvalue weighted by molar-refractivity contribution is 6.02. The first-order valence-corrected chi connectivity index (χ1v) is 9.01. The molecule has 1 saturated carbocycles. The Kier molecular flexibility index (Phi) is 4.15. The normalized spacial score (nSPS) is 25.0. The largest absolute Gasteiger partial charge is 0.459 e. The number of piperazine rings is 1. The van der Waals surface area contributed by atoms with Gasteiger partial charge in [0.15, 0.2) is 11.7 Å². The standard InChI is InChI=1S/C18H21N5O3/c19-12-13-15(24)20-17(21-18(13)5-1-2-6-18)23-9-7-22(8-10-23)16(25)14-4-3-11-26-14/h3-4,11,13H,1-2,5-10H2,(H,20,21,24)/t13-/m0/s1. The molecule has 2 fully saturated rings. The molecule has 26 heavy (non-hydrogen) atoms. The Morgan fingerprint density at radius 3 is 2.65 bits per heavy atom. The lowest BCUT2D eigenvalue weighted by molar-refractivity contribution is -0.124. The van der Waals surface area contributed by atoms with E-state index < -0.39 is 11.5 Å². The lowest BCUT2D eigenvalue weighted by Crippen LogP contribution is -2.60. The summed E-state index contributed by atoms with van der Waals surface area (Å²) < 4.78 is 5.18. The van der Waals surface area contributed by atoms with Crippen LogP contribution >= 0.6 is 0 Å². The van der Waals surface area contributed by atoms with Gasteiger partial charge in [0.05, 0.1) is 17.9 Å². The highest BCUT2D eigenvalue weighted by Crippen LogP contribution is 2.41. The number of nitrogens with zero attached hydrogens (tertiary/aromatic N) is 4. The lowest BCUT2D eigenvalue weighted by atomic mass is 9.82. The number of guanidine groups is 1. The highest BCUT2D eigenvalue weighted by Gasteiger charge is 2.49. The molecule has 136 valence electrons. The van der Waals surface area contributed by atoms with Crippen LogP contribution in [0.3, 0.4) is 0 Å². The molecule has 0 aromatic carbocycles. The van der Waals surface area contributed by atoms with E-state index in [1.54, 1.807) is 17.0 Å². The van der Waals surface area contributed by atoms with E-state index in [4.69, 9.17) is 9.41 Å². The maximum Gasteiger partial charge on any atom is 0.289 e. The van der Waals surface area contributed by atoms with Crippen LogP contribution in [0.15, 0.2) is 27.8 Å². The molecule has 1 atom stereocenters. The first-order valence-electron chi connectivity index (χ1n) is 9.01. The molecule has 1 aromatic heterocycles. The van der Waals surface area contributed by atoms with Gasteiger partial charge in [-0.2, -0.15) is 5.26 Å². The van der Waals surface area contributed by atoms with Gasteiger partial charge in [0.1, 0.15) is 0 Å². The van der Waals surface area contributed by atoms with Crippen molar-refractivity contribution in [1.29, 1.82) is 5.26 Å². The Bertz CT molecular complexity index is 765. The quantitative estimate of drug-likeness (QED) is 0.809. The molecule has 4 rings (SSSR count). The van der Waals surface area contributed by atoms with Crippen molar-refractivity contribution in [2.75, 3.05) is 26.2 Å². The van der Waals surface area contributed by atoms with Gasteiger partial charge < -0.3 is 14.2 Å². The molecule has 8 nitrogen and oxygen atoms in total. The molecule has 0 bridgehead atoms. The number of aliphatic imine (C=N–C) groups is 1. The Hall–Kier alpha value is -2.82. The Balaban J connectivity index is 1.47. The van der Waals surface area contributed by atoms with Crippen molar-refractivity contribution >= 4 is 17.8 Å². The highest BCUT2D eigenvalue weighted by atomic mass is 16.3. The Morgan fingerprint density at radius 2 is 2.04 bits per heavy atom. The van der Waals surface area contributed by atoms with Crippen molar-refractivity contribution in [3.8, 4) is 6.07 Å². The molecule has 1 N–H and O–H groups in total. The smallest absolute Gasteiger partial charge is 0.289 e. The van der Waals surface area contributed by atoms with Gasteiger partial charge in [0.2, 0.25) is 11.9 Å². The van der Waals surface area contributed by atoms with Gasteiger partial charge in [-0.25, -0.2) is 4.99 Å². The molecule has 8 heteroatoms. The predicted octanol–water partition coefficient (Wildman–Crippen LogP) is 0.976. The van der Waals surface area contributed by atoms with Crippen LogP contribution in [0.1, 0.15) is 36.2 Å². The fraction of sp³-hybridized carbons (Fsp3) is 0.556. The van der Waals surface area contributed by atoms with Crippen molar-refractivity contribution in [3.05, 3.63) is 24.2 Å². The summed E-state index contributed by atoms with van der Waals surface area (Å²) in [6, 6.07) is 5.50. The van der Waals surface area contributed by atoms with Crippen LogP contribution in [0.25, 0.3) is 0 Å². The van der Waals surface area contributed by atoms with E-state index in [9.17, 15) is 14.9 Å². The maximum atomic E-state index is 12.4. The molecule has 1 spiro atoms. The minimum atomic E-state index is -0.712. The van der Waals surface area contributed by atoms with Gasteiger partial charge in [-0.3, -0.25) is 14.9 Å². The summed E-state index contributed by atoms with van der Waals surface area (Å²) in [4.78, 5) is 33.4. The number of hydrogen-bond acceptors (Lipinski definition) is 6. The molecule has 1 saturated heterocycles. The van der Waals surface area contributed by atoms with E-state index in [-0.39, 0.29) is 11.8 Å². The molecule has 3 heterocycles. The fourth-order valence-electron chi connectivity index (χ4n) is 4.12. The first-order chi connectivity index (χ1) is 12.6. The molecule has 1 aromatic rings. The van der Waals surface area contributed by atoms with Crippen LogP contribution in [-0.4, -0.2) is 59.3 Å². The van der Waals surface area contributed by atoms with E-state index >= 15 is 0 Å².